The third kappa shape index (κ3) is 3.08. The maximum atomic E-state index is 13.1. The highest BCUT2D eigenvalue weighted by molar-refractivity contribution is 6.08. The molecule has 158 valence electrons. The first-order valence-corrected chi connectivity index (χ1v) is 9.63. The third-order valence-electron chi connectivity index (χ3n) is 5.48. The second kappa shape index (κ2) is 6.69. The molecule has 0 saturated heterocycles. The number of rotatable bonds is 1. The minimum atomic E-state index is -4.46. The van der Waals surface area contributed by atoms with E-state index < -0.39 is 23.8 Å². The van der Waals surface area contributed by atoms with Crippen molar-refractivity contribution in [2.75, 3.05) is 6.61 Å². The molecule has 0 fully saturated rings. The summed E-state index contributed by atoms with van der Waals surface area (Å²) in [6.45, 7) is 3.68. The number of hydrogen-bond acceptors (Lipinski definition) is 4. The maximum absolute atomic E-state index is 13.1. The van der Waals surface area contributed by atoms with Gasteiger partial charge in [-0.05, 0) is 32.0 Å². The number of fused-ring (bicyclic) bond motifs is 4. The van der Waals surface area contributed by atoms with Crippen LogP contribution >= 0.6 is 0 Å². The number of para-hydroxylation sites is 1. The van der Waals surface area contributed by atoms with Gasteiger partial charge in [0.15, 0.2) is 0 Å². The summed E-state index contributed by atoms with van der Waals surface area (Å²) in [7, 11) is 0. The van der Waals surface area contributed by atoms with Gasteiger partial charge in [-0.2, -0.15) is 23.0 Å². The number of carbonyl (C=O) groups excluding carboxylic acids is 1. The van der Waals surface area contributed by atoms with Gasteiger partial charge in [0.1, 0.15) is 17.9 Å². The molecule has 0 aliphatic carbocycles. The van der Waals surface area contributed by atoms with E-state index in [0.717, 1.165) is 28.4 Å². The van der Waals surface area contributed by atoms with E-state index in [0.29, 0.717) is 22.5 Å². The summed E-state index contributed by atoms with van der Waals surface area (Å²) in [6, 6.07) is 9.82. The second-order valence-electron chi connectivity index (χ2n) is 7.50. The van der Waals surface area contributed by atoms with Crippen molar-refractivity contribution in [1.29, 1.82) is 0 Å². The third-order valence-corrected chi connectivity index (χ3v) is 5.48. The number of alkyl halides is 3. The lowest BCUT2D eigenvalue weighted by Crippen LogP contribution is -2.34. The fraction of sp³-hybridized carbons (Fsp3) is 0.227. The van der Waals surface area contributed by atoms with Gasteiger partial charge in [-0.25, -0.2) is 4.79 Å². The average molecular weight is 426 g/mol. The predicted octanol–water partition coefficient (Wildman–Crippen LogP) is 4.91. The Morgan fingerprint density at radius 2 is 1.94 bits per heavy atom. The van der Waals surface area contributed by atoms with Gasteiger partial charge in [-0.1, -0.05) is 24.3 Å². The average Bonchev–Trinajstić information content (AvgIpc) is 3.29. The van der Waals surface area contributed by atoms with Gasteiger partial charge in [-0.15, -0.1) is 0 Å². The Hall–Kier alpha value is -3.62. The predicted molar refractivity (Wildman–Crippen MR) is 108 cm³/mol. The number of aromatic nitrogens is 3. The number of pyridine rings is 1. The van der Waals surface area contributed by atoms with E-state index >= 15 is 0 Å². The van der Waals surface area contributed by atoms with E-state index in [9.17, 15) is 18.0 Å². The molecule has 9 heteroatoms. The molecule has 2 aromatic heterocycles. The van der Waals surface area contributed by atoms with Crippen LogP contribution in [0.1, 0.15) is 28.6 Å². The first-order valence-electron chi connectivity index (χ1n) is 9.63. The standard InChI is InChI=1S/C22H17F3N4O2/c1-11-19-15-5-3-4-6-16(15)26-12(2)20(19)29(28-11)21(30)27-17-10-31-18-9-13(22(23,24)25)7-8-14(17)18/h3-9,17H,10H2,1-2H3,(H,27,30)/t17-/m0/s1. The van der Waals surface area contributed by atoms with Crippen LogP contribution in [0, 0.1) is 13.8 Å². The molecule has 1 amide bonds. The highest BCUT2D eigenvalue weighted by Crippen LogP contribution is 2.38. The van der Waals surface area contributed by atoms with Crippen molar-refractivity contribution in [3.05, 3.63) is 65.0 Å². The number of aryl methyl sites for hydroxylation is 2. The number of nitrogens with zero attached hydrogens (tertiary/aromatic N) is 3. The zero-order valence-corrected chi connectivity index (χ0v) is 16.6. The number of amides is 1. The van der Waals surface area contributed by atoms with E-state index in [1.54, 1.807) is 0 Å². The summed E-state index contributed by atoms with van der Waals surface area (Å²) in [6.07, 6.45) is -4.46. The van der Waals surface area contributed by atoms with Crippen LogP contribution in [0.15, 0.2) is 42.5 Å². The molecular formula is C22H17F3N4O2. The molecule has 1 aliphatic heterocycles. The van der Waals surface area contributed by atoms with Crippen LogP contribution in [-0.2, 0) is 6.18 Å². The van der Waals surface area contributed by atoms with Crippen LogP contribution in [0.4, 0.5) is 18.0 Å². The Balaban J connectivity index is 1.51. The van der Waals surface area contributed by atoms with E-state index in [-0.39, 0.29) is 12.4 Å². The quantitative estimate of drug-likeness (QED) is 0.470. The van der Waals surface area contributed by atoms with Crippen LogP contribution < -0.4 is 10.1 Å². The molecule has 3 heterocycles. The van der Waals surface area contributed by atoms with Crippen molar-refractivity contribution in [2.24, 2.45) is 0 Å². The summed E-state index contributed by atoms with van der Waals surface area (Å²) in [5.41, 5.74) is 2.46. The molecule has 2 aromatic carbocycles. The molecule has 0 unspecified atom stereocenters. The van der Waals surface area contributed by atoms with Gasteiger partial charge in [0, 0.05) is 16.3 Å². The van der Waals surface area contributed by atoms with E-state index in [1.165, 1.54) is 10.7 Å². The fourth-order valence-electron chi connectivity index (χ4n) is 4.06. The molecule has 31 heavy (non-hydrogen) atoms. The van der Waals surface area contributed by atoms with Gasteiger partial charge < -0.3 is 10.1 Å². The first-order chi connectivity index (χ1) is 14.7. The number of benzene rings is 2. The van der Waals surface area contributed by atoms with Crippen molar-refractivity contribution < 1.29 is 22.7 Å². The minimum Gasteiger partial charge on any atom is -0.491 e. The number of ether oxygens (including phenoxy) is 1. The lowest BCUT2D eigenvalue weighted by atomic mass is 10.1. The number of carbonyl (C=O) groups is 1. The number of nitrogens with one attached hydrogen (secondary N) is 1. The molecule has 1 aliphatic rings. The Kier molecular flexibility index (Phi) is 4.18. The molecule has 5 rings (SSSR count). The summed E-state index contributed by atoms with van der Waals surface area (Å²) in [4.78, 5) is 17.7. The molecule has 0 spiro atoms. The second-order valence-corrected chi connectivity index (χ2v) is 7.50. The smallest absolute Gasteiger partial charge is 0.416 e. The zero-order chi connectivity index (χ0) is 21.9. The van der Waals surface area contributed by atoms with Crippen molar-refractivity contribution in [3.8, 4) is 5.75 Å². The number of halogens is 3. The summed E-state index contributed by atoms with van der Waals surface area (Å²) >= 11 is 0. The molecule has 4 aromatic rings. The van der Waals surface area contributed by atoms with Crippen molar-refractivity contribution in [2.45, 2.75) is 26.1 Å². The molecule has 0 bridgehead atoms. The van der Waals surface area contributed by atoms with Crippen LogP contribution in [0.25, 0.3) is 21.8 Å². The molecular weight excluding hydrogens is 409 g/mol. The number of hydrogen-bond donors (Lipinski definition) is 1. The normalized spacial score (nSPS) is 15.8. The van der Waals surface area contributed by atoms with Gasteiger partial charge in [0.25, 0.3) is 0 Å². The van der Waals surface area contributed by atoms with Crippen molar-refractivity contribution in [1.82, 2.24) is 20.1 Å². The van der Waals surface area contributed by atoms with E-state index in [2.05, 4.69) is 15.4 Å². The molecule has 0 saturated carbocycles. The molecule has 1 atom stereocenters. The fourth-order valence-corrected chi connectivity index (χ4v) is 4.06. The van der Waals surface area contributed by atoms with E-state index in [4.69, 9.17) is 4.74 Å². The largest absolute Gasteiger partial charge is 0.491 e. The highest BCUT2D eigenvalue weighted by atomic mass is 19.4. The van der Waals surface area contributed by atoms with Gasteiger partial charge in [0.05, 0.1) is 28.5 Å². The van der Waals surface area contributed by atoms with Gasteiger partial charge >= 0.3 is 12.2 Å². The lowest BCUT2D eigenvalue weighted by molar-refractivity contribution is -0.137. The van der Waals surface area contributed by atoms with Crippen LogP contribution in [-0.4, -0.2) is 27.4 Å². The highest BCUT2D eigenvalue weighted by Gasteiger charge is 2.34. The Labute approximate surface area is 174 Å². The molecule has 6 nitrogen and oxygen atoms in total. The minimum absolute atomic E-state index is 0.0424. The van der Waals surface area contributed by atoms with Crippen molar-refractivity contribution >= 4 is 27.8 Å². The molecule has 0 radical (unpaired) electrons. The maximum Gasteiger partial charge on any atom is 0.416 e. The first kappa shape index (κ1) is 19.3. The summed E-state index contributed by atoms with van der Waals surface area (Å²) in [5, 5.41) is 8.98. The Bertz CT molecular complexity index is 1360. The molecule has 1 N–H and O–H groups in total. The lowest BCUT2D eigenvalue weighted by Gasteiger charge is -2.13. The topological polar surface area (TPSA) is 69.0 Å². The zero-order valence-electron chi connectivity index (χ0n) is 16.6. The monoisotopic (exact) mass is 426 g/mol. The van der Waals surface area contributed by atoms with Gasteiger partial charge in [0.2, 0.25) is 0 Å². The van der Waals surface area contributed by atoms with Crippen LogP contribution in [0.3, 0.4) is 0 Å². The van der Waals surface area contributed by atoms with Crippen LogP contribution in [0.5, 0.6) is 5.75 Å². The summed E-state index contributed by atoms with van der Waals surface area (Å²) in [5.74, 6) is 0.116. The van der Waals surface area contributed by atoms with Crippen LogP contribution in [0.2, 0.25) is 0 Å². The van der Waals surface area contributed by atoms with Gasteiger partial charge in [-0.3, -0.25) is 4.98 Å². The Morgan fingerprint density at radius 1 is 1.16 bits per heavy atom. The SMILES string of the molecule is Cc1nn(C(=O)N[C@H]2COc3cc(C(F)(F)F)ccc32)c2c(C)nc3ccccc3c12. The summed E-state index contributed by atoms with van der Waals surface area (Å²) < 4.78 is 45.5. The van der Waals surface area contributed by atoms with E-state index in [1.807, 2.05) is 38.1 Å². The van der Waals surface area contributed by atoms with Crippen molar-refractivity contribution in [3.63, 3.8) is 0 Å². The Morgan fingerprint density at radius 3 is 2.71 bits per heavy atom.